The quantitative estimate of drug-likeness (QED) is 0.448. The molecule has 0 unspecified atom stereocenters. The Bertz CT molecular complexity index is 1100. The molecule has 4 amide bonds. The van der Waals surface area contributed by atoms with Crippen molar-refractivity contribution in [2.75, 3.05) is 45.9 Å². The molecule has 9 nitrogen and oxygen atoms in total. The number of nitrogens with zero attached hydrogens (tertiary/aromatic N) is 3. The molecular formula is C26H29N3O6. The van der Waals surface area contributed by atoms with Gasteiger partial charge in [-0.1, -0.05) is 18.2 Å². The van der Waals surface area contributed by atoms with Crippen molar-refractivity contribution in [1.82, 2.24) is 9.80 Å². The zero-order chi connectivity index (χ0) is 24.9. The summed E-state index contributed by atoms with van der Waals surface area (Å²) in [5.74, 6) is 1.16. The van der Waals surface area contributed by atoms with Crippen molar-refractivity contribution in [2.24, 2.45) is 0 Å². The fourth-order valence-electron chi connectivity index (χ4n) is 4.50. The molecule has 2 aromatic rings. The molecule has 0 aromatic heterocycles. The minimum absolute atomic E-state index is 0.0629. The number of hydrogen-bond donors (Lipinski definition) is 0. The van der Waals surface area contributed by atoms with E-state index in [4.69, 9.17) is 14.2 Å². The fourth-order valence-corrected chi connectivity index (χ4v) is 4.50. The van der Waals surface area contributed by atoms with Crippen LogP contribution < -0.4 is 19.1 Å². The minimum atomic E-state index is -0.298. The summed E-state index contributed by atoms with van der Waals surface area (Å²) in [5.41, 5.74) is 1.32. The average Bonchev–Trinajstić information content (AvgIpc) is 3.20. The molecule has 2 aromatic carbocycles. The van der Waals surface area contributed by atoms with Crippen LogP contribution in [0.5, 0.6) is 17.2 Å². The van der Waals surface area contributed by atoms with E-state index in [1.54, 1.807) is 52.3 Å². The third-order valence-corrected chi connectivity index (χ3v) is 6.33. The van der Waals surface area contributed by atoms with Crippen LogP contribution in [0.1, 0.15) is 18.4 Å². The van der Waals surface area contributed by atoms with Gasteiger partial charge in [-0.2, -0.15) is 0 Å². The first kappa shape index (κ1) is 24.1. The highest BCUT2D eigenvalue weighted by Gasteiger charge is 2.41. The zero-order valence-electron chi connectivity index (χ0n) is 20.1. The number of urea groups is 1. The number of methoxy groups -OCH3 is 3. The molecule has 0 N–H and O–H groups in total. The van der Waals surface area contributed by atoms with Crippen LogP contribution in [0.4, 0.5) is 10.5 Å². The van der Waals surface area contributed by atoms with Gasteiger partial charge in [0, 0.05) is 25.2 Å². The molecule has 0 saturated carbocycles. The Balaban J connectivity index is 1.37. The van der Waals surface area contributed by atoms with Crippen LogP contribution in [0.25, 0.3) is 6.08 Å². The van der Waals surface area contributed by atoms with Gasteiger partial charge in [0.25, 0.3) is 5.91 Å². The summed E-state index contributed by atoms with van der Waals surface area (Å²) in [6.07, 6.45) is 4.46. The molecule has 2 aliphatic rings. The van der Waals surface area contributed by atoms with Gasteiger partial charge < -0.3 is 24.0 Å². The second-order valence-electron chi connectivity index (χ2n) is 8.32. The molecular weight excluding hydrogens is 450 g/mol. The van der Waals surface area contributed by atoms with Crippen LogP contribution in [-0.4, -0.2) is 74.7 Å². The molecule has 2 heterocycles. The normalized spacial score (nSPS) is 16.8. The van der Waals surface area contributed by atoms with Gasteiger partial charge in [-0.3, -0.25) is 9.59 Å². The van der Waals surface area contributed by atoms with Crippen molar-refractivity contribution >= 4 is 29.6 Å². The lowest BCUT2D eigenvalue weighted by Gasteiger charge is -2.35. The molecule has 2 aliphatic heterocycles. The molecule has 0 bridgehead atoms. The zero-order valence-corrected chi connectivity index (χ0v) is 20.1. The monoisotopic (exact) mass is 479 g/mol. The summed E-state index contributed by atoms with van der Waals surface area (Å²) in [7, 11) is 4.61. The fraction of sp³-hybridized carbons (Fsp3) is 0.346. The standard InChI is InChI=1S/C26H29N3O6/c1-33-21-15-18(16-22(34-2)25(21)35-3)9-10-23(30)27-13-11-19(12-14-27)28-17-24(31)29(26(28)32)20-7-5-4-6-8-20/h4-10,15-16,19H,11-14,17H2,1-3H3. The SMILES string of the molecule is COc1cc(C=CC(=O)N2CCC(N3CC(=O)N(c4ccccc4)C3=O)CC2)cc(OC)c1OC. The van der Waals surface area contributed by atoms with Crippen LogP contribution in [0.3, 0.4) is 0 Å². The number of ether oxygens (including phenoxy) is 3. The van der Waals surface area contributed by atoms with Crippen LogP contribution in [0.15, 0.2) is 48.5 Å². The van der Waals surface area contributed by atoms with Crippen LogP contribution in [-0.2, 0) is 9.59 Å². The number of piperidine rings is 1. The summed E-state index contributed by atoms with van der Waals surface area (Å²) in [4.78, 5) is 42.9. The third kappa shape index (κ3) is 4.94. The summed E-state index contributed by atoms with van der Waals surface area (Å²) >= 11 is 0. The van der Waals surface area contributed by atoms with E-state index in [9.17, 15) is 14.4 Å². The van der Waals surface area contributed by atoms with Crippen molar-refractivity contribution < 1.29 is 28.6 Å². The number of carbonyl (C=O) groups is 3. The lowest BCUT2D eigenvalue weighted by atomic mass is 10.0. The van der Waals surface area contributed by atoms with E-state index in [-0.39, 0.29) is 30.4 Å². The van der Waals surface area contributed by atoms with Gasteiger partial charge >= 0.3 is 6.03 Å². The Morgan fingerprint density at radius 1 is 0.943 bits per heavy atom. The van der Waals surface area contributed by atoms with Crippen LogP contribution in [0, 0.1) is 0 Å². The number of imide groups is 1. The lowest BCUT2D eigenvalue weighted by molar-refractivity contribution is -0.127. The predicted octanol–water partition coefficient (Wildman–Crippen LogP) is 3.19. The smallest absolute Gasteiger partial charge is 0.332 e. The highest BCUT2D eigenvalue weighted by Crippen LogP contribution is 2.38. The molecule has 0 spiro atoms. The largest absolute Gasteiger partial charge is 0.493 e. The number of hydrogen-bond acceptors (Lipinski definition) is 6. The number of para-hydroxylation sites is 1. The summed E-state index contributed by atoms with van der Waals surface area (Å²) in [6.45, 7) is 1.08. The number of likely N-dealkylation sites (tertiary alicyclic amines) is 1. The van der Waals surface area contributed by atoms with E-state index < -0.39 is 0 Å². The molecule has 0 radical (unpaired) electrons. The summed E-state index contributed by atoms with van der Waals surface area (Å²) < 4.78 is 16.1. The van der Waals surface area contributed by atoms with Gasteiger partial charge in [0.2, 0.25) is 11.7 Å². The van der Waals surface area contributed by atoms with Crippen molar-refractivity contribution in [1.29, 1.82) is 0 Å². The van der Waals surface area contributed by atoms with Crippen molar-refractivity contribution in [2.45, 2.75) is 18.9 Å². The molecule has 2 saturated heterocycles. The second-order valence-corrected chi connectivity index (χ2v) is 8.32. The maximum atomic E-state index is 13.0. The maximum absolute atomic E-state index is 13.0. The summed E-state index contributed by atoms with van der Waals surface area (Å²) in [5, 5.41) is 0. The highest BCUT2D eigenvalue weighted by molar-refractivity contribution is 6.19. The Labute approximate surface area is 204 Å². The topological polar surface area (TPSA) is 88.6 Å². The number of carbonyl (C=O) groups excluding carboxylic acids is 3. The third-order valence-electron chi connectivity index (χ3n) is 6.33. The summed E-state index contributed by atoms with van der Waals surface area (Å²) in [6, 6.07) is 12.1. The first-order valence-corrected chi connectivity index (χ1v) is 11.4. The number of amides is 4. The molecule has 2 fully saturated rings. The van der Waals surface area contributed by atoms with E-state index >= 15 is 0 Å². The van der Waals surface area contributed by atoms with Gasteiger partial charge in [0.1, 0.15) is 6.54 Å². The van der Waals surface area contributed by atoms with E-state index in [2.05, 4.69) is 0 Å². The number of benzene rings is 2. The Hall–Kier alpha value is -4.01. The van der Waals surface area contributed by atoms with Gasteiger partial charge in [-0.15, -0.1) is 0 Å². The molecule has 35 heavy (non-hydrogen) atoms. The van der Waals surface area contributed by atoms with E-state index in [0.29, 0.717) is 48.9 Å². The van der Waals surface area contributed by atoms with E-state index in [1.165, 1.54) is 32.3 Å². The second kappa shape index (κ2) is 10.5. The van der Waals surface area contributed by atoms with Crippen LogP contribution in [0.2, 0.25) is 0 Å². The number of rotatable bonds is 7. The Kier molecular flexibility index (Phi) is 7.24. The van der Waals surface area contributed by atoms with Crippen molar-refractivity contribution in [3.05, 3.63) is 54.1 Å². The predicted molar refractivity (Wildman–Crippen MR) is 131 cm³/mol. The van der Waals surface area contributed by atoms with Crippen molar-refractivity contribution in [3.63, 3.8) is 0 Å². The van der Waals surface area contributed by atoms with Crippen molar-refractivity contribution in [3.8, 4) is 17.2 Å². The van der Waals surface area contributed by atoms with Crippen LogP contribution >= 0.6 is 0 Å². The average molecular weight is 480 g/mol. The molecule has 184 valence electrons. The minimum Gasteiger partial charge on any atom is -0.493 e. The molecule has 4 rings (SSSR count). The first-order chi connectivity index (χ1) is 17.0. The van der Waals surface area contributed by atoms with Gasteiger partial charge in [0.05, 0.1) is 27.0 Å². The number of anilines is 1. The molecule has 0 aliphatic carbocycles. The molecule has 0 atom stereocenters. The Morgan fingerprint density at radius 2 is 1.57 bits per heavy atom. The first-order valence-electron chi connectivity index (χ1n) is 11.4. The van der Waals surface area contributed by atoms with E-state index in [0.717, 1.165) is 5.56 Å². The molecule has 9 heteroatoms. The lowest BCUT2D eigenvalue weighted by Crippen LogP contribution is -2.47. The maximum Gasteiger partial charge on any atom is 0.332 e. The van der Waals surface area contributed by atoms with Gasteiger partial charge in [-0.05, 0) is 48.7 Å². The van der Waals surface area contributed by atoms with Gasteiger partial charge in [0.15, 0.2) is 11.5 Å². The highest BCUT2D eigenvalue weighted by atomic mass is 16.5. The van der Waals surface area contributed by atoms with Gasteiger partial charge in [-0.25, -0.2) is 9.69 Å². The van der Waals surface area contributed by atoms with E-state index in [1.807, 2.05) is 6.07 Å². The Morgan fingerprint density at radius 3 is 2.14 bits per heavy atom.